The van der Waals surface area contributed by atoms with Gasteiger partial charge in [0, 0.05) is 24.9 Å². The summed E-state index contributed by atoms with van der Waals surface area (Å²) in [6.45, 7) is 2.16. The van der Waals surface area contributed by atoms with Crippen molar-refractivity contribution in [3.8, 4) is 0 Å². The van der Waals surface area contributed by atoms with E-state index in [4.69, 9.17) is 0 Å². The van der Waals surface area contributed by atoms with Crippen molar-refractivity contribution in [2.24, 2.45) is 0 Å². The van der Waals surface area contributed by atoms with E-state index in [1.54, 1.807) is 37.6 Å². The highest BCUT2D eigenvalue weighted by molar-refractivity contribution is 5.81. The van der Waals surface area contributed by atoms with Crippen LogP contribution in [0.1, 0.15) is 18.7 Å². The molecule has 0 saturated heterocycles. The van der Waals surface area contributed by atoms with Gasteiger partial charge in [-0.3, -0.25) is 14.2 Å². The monoisotopic (exact) mass is 311 g/mol. The zero-order valence-corrected chi connectivity index (χ0v) is 12.7. The summed E-state index contributed by atoms with van der Waals surface area (Å²) in [5.74, 6) is -0.219. The van der Waals surface area contributed by atoms with Gasteiger partial charge in [-0.05, 0) is 19.1 Å². The summed E-state index contributed by atoms with van der Waals surface area (Å²) < 4.78 is 1.36. The van der Waals surface area contributed by atoms with Crippen LogP contribution >= 0.6 is 0 Å². The van der Waals surface area contributed by atoms with Crippen LogP contribution in [0.25, 0.3) is 10.9 Å². The lowest BCUT2D eigenvalue weighted by Gasteiger charge is -2.15. The van der Waals surface area contributed by atoms with Crippen LogP contribution in [0.15, 0.2) is 47.9 Å². The fourth-order valence-corrected chi connectivity index (χ4v) is 2.37. The maximum absolute atomic E-state index is 12.5. The van der Waals surface area contributed by atoms with E-state index >= 15 is 0 Å². The molecule has 7 nitrogen and oxygen atoms in total. The van der Waals surface area contributed by atoms with Gasteiger partial charge < -0.3 is 10.3 Å². The summed E-state index contributed by atoms with van der Waals surface area (Å²) in [7, 11) is 0. The Balaban J connectivity index is 1.72. The quantitative estimate of drug-likeness (QED) is 0.736. The van der Waals surface area contributed by atoms with Crippen LogP contribution < -0.4 is 10.9 Å². The number of hydrogen-bond donors (Lipinski definition) is 2. The number of hydrogen-bond acceptors (Lipinski definition) is 4. The number of aromatic amines is 1. The number of H-pyrrole nitrogens is 1. The number of nitrogens with zero attached hydrogens (tertiary/aromatic N) is 3. The van der Waals surface area contributed by atoms with Crippen molar-refractivity contribution in [3.63, 3.8) is 0 Å². The van der Waals surface area contributed by atoms with Gasteiger partial charge >= 0.3 is 0 Å². The molecule has 3 rings (SSSR count). The summed E-state index contributed by atoms with van der Waals surface area (Å²) in [5.41, 5.74) is 1.36. The number of benzene rings is 1. The molecule has 2 aromatic heterocycles. The number of para-hydroxylation sites is 1. The van der Waals surface area contributed by atoms with Crippen LogP contribution in [0.2, 0.25) is 0 Å². The van der Waals surface area contributed by atoms with Crippen LogP contribution in [0.5, 0.6) is 0 Å². The van der Waals surface area contributed by atoms with Gasteiger partial charge in [-0.15, -0.1) is 0 Å². The Hall–Kier alpha value is -2.96. The van der Waals surface area contributed by atoms with Crippen LogP contribution in [-0.2, 0) is 11.2 Å². The predicted molar refractivity (Wildman–Crippen MR) is 86.0 cm³/mol. The van der Waals surface area contributed by atoms with Gasteiger partial charge in [-0.2, -0.15) is 0 Å². The van der Waals surface area contributed by atoms with E-state index < -0.39 is 6.04 Å². The van der Waals surface area contributed by atoms with Gasteiger partial charge in [0.2, 0.25) is 5.91 Å². The smallest absolute Gasteiger partial charge is 0.261 e. The minimum Gasteiger partial charge on any atom is -0.354 e. The third-order valence-corrected chi connectivity index (χ3v) is 3.74. The number of nitrogens with one attached hydrogen (secondary N) is 2. The van der Waals surface area contributed by atoms with Gasteiger partial charge in [-0.25, -0.2) is 9.97 Å². The van der Waals surface area contributed by atoms with E-state index in [1.165, 1.54) is 10.9 Å². The molecule has 0 radical (unpaired) electrons. The molecule has 7 heteroatoms. The highest BCUT2D eigenvalue weighted by atomic mass is 16.2. The number of carbonyl (C=O) groups excluding carboxylic acids is 1. The van der Waals surface area contributed by atoms with Crippen molar-refractivity contribution < 1.29 is 4.79 Å². The van der Waals surface area contributed by atoms with Crippen LogP contribution in [0, 0.1) is 0 Å². The van der Waals surface area contributed by atoms with Gasteiger partial charge in [0.15, 0.2) is 0 Å². The number of rotatable bonds is 5. The fourth-order valence-electron chi connectivity index (χ4n) is 2.37. The second-order valence-corrected chi connectivity index (χ2v) is 5.27. The van der Waals surface area contributed by atoms with E-state index in [1.807, 2.05) is 6.07 Å². The summed E-state index contributed by atoms with van der Waals surface area (Å²) in [6.07, 6.45) is 5.39. The minimum atomic E-state index is -0.624. The molecule has 118 valence electrons. The topological polar surface area (TPSA) is 92.7 Å². The molecule has 0 bridgehead atoms. The Morgan fingerprint density at radius 1 is 1.39 bits per heavy atom. The van der Waals surface area contributed by atoms with Crippen molar-refractivity contribution in [2.45, 2.75) is 19.4 Å². The molecule has 0 spiro atoms. The molecule has 0 saturated carbocycles. The molecule has 0 aliphatic rings. The third-order valence-electron chi connectivity index (χ3n) is 3.74. The first-order valence-electron chi connectivity index (χ1n) is 7.37. The normalized spacial score (nSPS) is 12.2. The summed E-state index contributed by atoms with van der Waals surface area (Å²) >= 11 is 0. The maximum Gasteiger partial charge on any atom is 0.261 e. The molecule has 0 fully saturated rings. The van der Waals surface area contributed by atoms with Crippen molar-refractivity contribution in [2.75, 3.05) is 6.54 Å². The molecule has 23 heavy (non-hydrogen) atoms. The van der Waals surface area contributed by atoms with Gasteiger partial charge in [-0.1, -0.05) is 12.1 Å². The molecule has 0 unspecified atom stereocenters. The zero-order chi connectivity index (χ0) is 16.2. The highest BCUT2D eigenvalue weighted by Gasteiger charge is 2.17. The number of carbonyl (C=O) groups is 1. The molecule has 2 N–H and O–H groups in total. The maximum atomic E-state index is 12.5. The second-order valence-electron chi connectivity index (χ2n) is 5.27. The molecule has 0 aliphatic carbocycles. The van der Waals surface area contributed by atoms with Crippen molar-refractivity contribution in [1.82, 2.24) is 24.8 Å². The lowest BCUT2D eigenvalue weighted by molar-refractivity contribution is -0.123. The number of imidazole rings is 1. The number of amides is 1. The molecule has 0 aliphatic heterocycles. The summed E-state index contributed by atoms with van der Waals surface area (Å²) in [6, 6.07) is 6.47. The molecule has 3 aromatic rings. The second kappa shape index (κ2) is 6.43. The Bertz CT molecular complexity index is 870. The highest BCUT2D eigenvalue weighted by Crippen LogP contribution is 2.08. The average molecular weight is 311 g/mol. The van der Waals surface area contributed by atoms with E-state index in [0.717, 1.165) is 5.69 Å². The lowest BCUT2D eigenvalue weighted by Crippen LogP contribution is -2.36. The molecule has 2 heterocycles. The Morgan fingerprint density at radius 3 is 3.00 bits per heavy atom. The number of fused-ring (bicyclic) bond motifs is 1. The van der Waals surface area contributed by atoms with Crippen molar-refractivity contribution in [1.29, 1.82) is 0 Å². The SMILES string of the molecule is C[C@@H](C(=O)NCCc1cnc[nH]1)n1cnc2ccccc2c1=O. The van der Waals surface area contributed by atoms with E-state index in [9.17, 15) is 9.59 Å². The largest absolute Gasteiger partial charge is 0.354 e. The fraction of sp³-hybridized carbons (Fsp3) is 0.250. The Labute approximate surface area is 132 Å². The molecule has 1 amide bonds. The molecular formula is C16H17N5O2. The van der Waals surface area contributed by atoms with Crippen LogP contribution in [0.4, 0.5) is 0 Å². The minimum absolute atomic E-state index is 0.216. The van der Waals surface area contributed by atoms with Crippen LogP contribution in [-0.4, -0.2) is 32.0 Å². The van der Waals surface area contributed by atoms with E-state index in [-0.39, 0.29) is 11.5 Å². The lowest BCUT2D eigenvalue weighted by atomic mass is 10.2. The summed E-state index contributed by atoms with van der Waals surface area (Å²) in [4.78, 5) is 35.8. The van der Waals surface area contributed by atoms with E-state index in [2.05, 4.69) is 20.3 Å². The predicted octanol–water partition coefficient (Wildman–Crippen LogP) is 1.04. The van der Waals surface area contributed by atoms with Gasteiger partial charge in [0.1, 0.15) is 6.04 Å². The summed E-state index contributed by atoms with van der Waals surface area (Å²) in [5, 5.41) is 3.33. The third kappa shape index (κ3) is 3.13. The first-order chi connectivity index (χ1) is 11.2. The van der Waals surface area contributed by atoms with E-state index in [0.29, 0.717) is 23.9 Å². The van der Waals surface area contributed by atoms with Crippen LogP contribution in [0.3, 0.4) is 0 Å². The Kier molecular flexibility index (Phi) is 4.18. The number of aromatic nitrogens is 4. The first kappa shape index (κ1) is 15.0. The Morgan fingerprint density at radius 2 is 2.22 bits per heavy atom. The van der Waals surface area contributed by atoms with Gasteiger partial charge in [0.25, 0.3) is 5.56 Å². The molecular weight excluding hydrogens is 294 g/mol. The van der Waals surface area contributed by atoms with Crippen molar-refractivity contribution in [3.05, 3.63) is 59.2 Å². The average Bonchev–Trinajstić information content (AvgIpc) is 3.08. The molecule has 1 atom stereocenters. The molecule has 1 aromatic carbocycles. The van der Waals surface area contributed by atoms with Gasteiger partial charge in [0.05, 0.1) is 23.6 Å². The van der Waals surface area contributed by atoms with Crippen molar-refractivity contribution >= 4 is 16.8 Å². The first-order valence-corrected chi connectivity index (χ1v) is 7.37. The standard InChI is InChI=1S/C16H17N5O2/c1-11(15(22)18-7-6-12-8-17-9-19-12)21-10-20-14-5-3-2-4-13(14)16(21)23/h2-5,8-11H,6-7H2,1H3,(H,17,19)(H,18,22)/t11-/m0/s1. The zero-order valence-electron chi connectivity index (χ0n) is 12.7.